The predicted molar refractivity (Wildman–Crippen MR) is 150 cm³/mol. The molecule has 2 aromatic carbocycles. The SMILES string of the molecule is CCN1C(=O)C(=Cc2cc(C)n(-c3ccc(Br)c(C)c3)c2C)c2cc(S(=O)(=O)N3CCOCC3)ccc21. The minimum absolute atomic E-state index is 0.122. The molecule has 0 aliphatic carbocycles. The van der Waals surface area contributed by atoms with E-state index in [1.165, 1.54) is 4.31 Å². The average molecular weight is 585 g/mol. The number of nitrogens with zero attached hydrogens (tertiary/aromatic N) is 3. The molecule has 9 heteroatoms. The zero-order valence-electron chi connectivity index (χ0n) is 21.4. The van der Waals surface area contributed by atoms with E-state index in [-0.39, 0.29) is 10.8 Å². The second-order valence-corrected chi connectivity index (χ2v) is 12.2. The highest BCUT2D eigenvalue weighted by Gasteiger charge is 2.34. The topological polar surface area (TPSA) is 71.9 Å². The van der Waals surface area contributed by atoms with Gasteiger partial charge in [-0.1, -0.05) is 15.9 Å². The van der Waals surface area contributed by atoms with Crippen molar-refractivity contribution in [3.05, 3.63) is 75.0 Å². The number of anilines is 1. The number of ether oxygens (including phenoxy) is 1. The van der Waals surface area contributed by atoms with Gasteiger partial charge in [-0.25, -0.2) is 8.42 Å². The van der Waals surface area contributed by atoms with Gasteiger partial charge in [0.1, 0.15) is 0 Å². The lowest BCUT2D eigenvalue weighted by molar-refractivity contribution is -0.112. The van der Waals surface area contributed by atoms with Crippen LogP contribution in [0.1, 0.15) is 35.0 Å². The summed E-state index contributed by atoms with van der Waals surface area (Å²) in [6, 6.07) is 13.3. The zero-order valence-corrected chi connectivity index (χ0v) is 23.8. The Morgan fingerprint density at radius 1 is 1.03 bits per heavy atom. The molecule has 0 spiro atoms. The molecule has 0 bridgehead atoms. The summed E-state index contributed by atoms with van der Waals surface area (Å²) in [6.45, 7) is 9.96. The first-order valence-corrected chi connectivity index (χ1v) is 14.6. The number of benzene rings is 2. The van der Waals surface area contributed by atoms with Gasteiger partial charge in [-0.15, -0.1) is 0 Å². The number of sulfonamides is 1. The van der Waals surface area contributed by atoms with Gasteiger partial charge < -0.3 is 14.2 Å². The molecule has 0 saturated carbocycles. The van der Waals surface area contributed by atoms with Crippen LogP contribution in [-0.4, -0.2) is 56.0 Å². The molecule has 1 saturated heterocycles. The highest BCUT2D eigenvalue weighted by molar-refractivity contribution is 9.10. The Bertz CT molecular complexity index is 1530. The Hall–Kier alpha value is -2.72. The minimum atomic E-state index is -3.69. The summed E-state index contributed by atoms with van der Waals surface area (Å²) in [5.74, 6) is -0.122. The molecule has 7 nitrogen and oxygen atoms in total. The molecule has 2 aliphatic rings. The number of carbonyl (C=O) groups excluding carboxylic acids is 1. The molecular formula is C28H30BrN3O4S. The molecule has 0 N–H and O–H groups in total. The molecule has 2 aliphatic heterocycles. The lowest BCUT2D eigenvalue weighted by Gasteiger charge is -2.26. The van der Waals surface area contributed by atoms with Crippen LogP contribution in [0.2, 0.25) is 0 Å². The first-order chi connectivity index (χ1) is 17.6. The van der Waals surface area contributed by atoms with Crippen LogP contribution >= 0.6 is 15.9 Å². The molecule has 194 valence electrons. The number of halogens is 1. The normalized spacial score (nSPS) is 17.6. The minimum Gasteiger partial charge on any atom is -0.379 e. The molecule has 1 amide bonds. The summed E-state index contributed by atoms with van der Waals surface area (Å²) in [5.41, 5.74) is 7.04. The van der Waals surface area contributed by atoms with E-state index in [2.05, 4.69) is 45.6 Å². The van der Waals surface area contributed by atoms with E-state index < -0.39 is 10.0 Å². The molecule has 3 aromatic rings. The number of morpholine rings is 1. The van der Waals surface area contributed by atoms with Crippen molar-refractivity contribution in [1.82, 2.24) is 8.87 Å². The van der Waals surface area contributed by atoms with Crippen molar-refractivity contribution in [3.63, 3.8) is 0 Å². The fraction of sp³-hybridized carbons (Fsp3) is 0.321. The lowest BCUT2D eigenvalue weighted by Crippen LogP contribution is -2.40. The Morgan fingerprint density at radius 3 is 2.43 bits per heavy atom. The number of hydrogen-bond acceptors (Lipinski definition) is 4. The summed E-state index contributed by atoms with van der Waals surface area (Å²) in [4.78, 5) is 15.4. The van der Waals surface area contributed by atoms with Gasteiger partial charge in [0.15, 0.2) is 0 Å². The largest absolute Gasteiger partial charge is 0.379 e. The van der Waals surface area contributed by atoms with Gasteiger partial charge in [0, 0.05) is 52.3 Å². The number of hydrogen-bond donors (Lipinski definition) is 0. The Labute approximate surface area is 226 Å². The number of rotatable bonds is 5. The summed E-state index contributed by atoms with van der Waals surface area (Å²) < 4.78 is 36.7. The average Bonchev–Trinajstić information content (AvgIpc) is 3.32. The third-order valence-electron chi connectivity index (χ3n) is 7.12. The van der Waals surface area contributed by atoms with E-state index >= 15 is 0 Å². The van der Waals surface area contributed by atoms with E-state index in [1.54, 1.807) is 23.1 Å². The Kier molecular flexibility index (Phi) is 6.91. The molecule has 0 unspecified atom stereocenters. The van der Waals surface area contributed by atoms with Crippen molar-refractivity contribution in [2.45, 2.75) is 32.6 Å². The highest BCUT2D eigenvalue weighted by atomic mass is 79.9. The summed E-state index contributed by atoms with van der Waals surface area (Å²) >= 11 is 3.57. The van der Waals surface area contributed by atoms with E-state index in [0.29, 0.717) is 44.0 Å². The molecule has 5 rings (SSSR count). The maximum atomic E-state index is 13.5. The second-order valence-electron chi connectivity index (χ2n) is 9.40. The van der Waals surface area contributed by atoms with Crippen LogP contribution in [-0.2, 0) is 19.6 Å². The molecule has 1 aromatic heterocycles. The van der Waals surface area contributed by atoms with Crippen molar-refractivity contribution in [3.8, 4) is 5.69 Å². The number of carbonyl (C=O) groups is 1. The van der Waals surface area contributed by atoms with Crippen molar-refractivity contribution in [2.24, 2.45) is 0 Å². The van der Waals surface area contributed by atoms with Crippen LogP contribution in [0.15, 0.2) is 51.8 Å². The highest BCUT2D eigenvalue weighted by Crippen LogP contribution is 2.40. The lowest BCUT2D eigenvalue weighted by atomic mass is 10.0. The van der Waals surface area contributed by atoms with Crippen LogP contribution in [0.25, 0.3) is 17.3 Å². The fourth-order valence-corrected chi connectivity index (χ4v) is 6.82. The van der Waals surface area contributed by atoms with Crippen molar-refractivity contribution < 1.29 is 17.9 Å². The van der Waals surface area contributed by atoms with E-state index in [1.807, 2.05) is 32.9 Å². The van der Waals surface area contributed by atoms with Crippen molar-refractivity contribution in [1.29, 1.82) is 0 Å². The maximum absolute atomic E-state index is 13.5. The number of amides is 1. The van der Waals surface area contributed by atoms with Crippen LogP contribution in [0.3, 0.4) is 0 Å². The van der Waals surface area contributed by atoms with Crippen molar-refractivity contribution in [2.75, 3.05) is 37.7 Å². The predicted octanol–water partition coefficient (Wildman–Crippen LogP) is 5.09. The van der Waals surface area contributed by atoms with Gasteiger partial charge >= 0.3 is 0 Å². The van der Waals surface area contributed by atoms with Gasteiger partial charge in [0.2, 0.25) is 10.0 Å². The second kappa shape index (κ2) is 9.87. The van der Waals surface area contributed by atoms with Crippen LogP contribution in [0, 0.1) is 20.8 Å². The van der Waals surface area contributed by atoms with E-state index in [4.69, 9.17) is 4.74 Å². The smallest absolute Gasteiger partial charge is 0.258 e. The Balaban J connectivity index is 1.60. The number of aryl methyl sites for hydroxylation is 2. The zero-order chi connectivity index (χ0) is 26.5. The van der Waals surface area contributed by atoms with Gasteiger partial charge in [-0.2, -0.15) is 4.31 Å². The number of aromatic nitrogens is 1. The third kappa shape index (κ3) is 4.48. The summed E-state index contributed by atoms with van der Waals surface area (Å²) in [7, 11) is -3.69. The molecule has 37 heavy (non-hydrogen) atoms. The third-order valence-corrected chi connectivity index (χ3v) is 9.90. The Morgan fingerprint density at radius 2 is 1.76 bits per heavy atom. The van der Waals surface area contributed by atoms with Gasteiger partial charge in [0.25, 0.3) is 5.91 Å². The van der Waals surface area contributed by atoms with E-state index in [9.17, 15) is 13.2 Å². The van der Waals surface area contributed by atoms with Crippen LogP contribution in [0.4, 0.5) is 5.69 Å². The molecule has 3 heterocycles. The van der Waals surface area contributed by atoms with Crippen molar-refractivity contribution >= 4 is 49.2 Å². The van der Waals surface area contributed by atoms with Gasteiger partial charge in [0.05, 0.1) is 23.8 Å². The van der Waals surface area contributed by atoms with Gasteiger partial charge in [-0.3, -0.25) is 4.79 Å². The summed E-state index contributed by atoms with van der Waals surface area (Å²) in [5, 5.41) is 0. The number of likely N-dealkylation sites (N-methyl/N-ethyl adjacent to an activating group) is 1. The van der Waals surface area contributed by atoms with Gasteiger partial charge in [-0.05, 0) is 87.4 Å². The molecule has 1 fully saturated rings. The van der Waals surface area contributed by atoms with Crippen LogP contribution < -0.4 is 4.90 Å². The fourth-order valence-electron chi connectivity index (χ4n) is 5.14. The maximum Gasteiger partial charge on any atom is 0.258 e. The number of fused-ring (bicyclic) bond motifs is 1. The molecule has 0 radical (unpaired) electrons. The quantitative estimate of drug-likeness (QED) is 0.392. The van der Waals surface area contributed by atoms with E-state index in [0.717, 1.165) is 38.4 Å². The summed E-state index contributed by atoms with van der Waals surface area (Å²) in [6.07, 6.45) is 1.90. The first kappa shape index (κ1) is 25.9. The molecule has 0 atom stereocenters. The standard InChI is InChI=1S/C28H30BrN3O4S/c1-5-31-27-9-7-23(37(34,35)30-10-12-36-13-11-30)17-24(27)25(28(31)33)16-21-15-19(3)32(20(21)4)22-6-8-26(29)18(2)14-22/h6-9,14-17H,5,10-13H2,1-4H3. The molecular weight excluding hydrogens is 554 g/mol. The monoisotopic (exact) mass is 583 g/mol. The van der Waals surface area contributed by atoms with Crippen LogP contribution in [0.5, 0.6) is 0 Å². The first-order valence-electron chi connectivity index (χ1n) is 12.3.